The molecule has 0 saturated heterocycles. The third kappa shape index (κ3) is 21.2. The molecule has 1 aromatic rings. The number of esters is 1. The molecular formula is C33H56O2. The van der Waals surface area contributed by atoms with Crippen LogP contribution < -0.4 is 0 Å². The van der Waals surface area contributed by atoms with Crippen molar-refractivity contribution < 1.29 is 9.53 Å². The monoisotopic (exact) mass is 484 g/mol. The van der Waals surface area contributed by atoms with Gasteiger partial charge in [0.1, 0.15) is 0 Å². The van der Waals surface area contributed by atoms with E-state index in [1.807, 2.05) is 6.08 Å². The molecule has 200 valence electrons. The molecule has 0 bridgehead atoms. The molecule has 0 amide bonds. The Hall–Kier alpha value is -1.83. The standard InChI is InChI=1S/C21H40O2.C12H16/c1-3-5-6-7-8-9-10-11-12-13-14-15-16-17-18-19-20-23-21(22)4-2;1-5-10-6-8-11(9-7-10)12(2,3)4/h4H,2-3,5-20H2,1H3;5-9H,1H2,2-4H3. The second kappa shape index (κ2) is 22.6. The van der Waals surface area contributed by atoms with Crippen LogP contribution in [0.1, 0.15) is 142 Å². The highest BCUT2D eigenvalue weighted by Crippen LogP contribution is 2.22. The zero-order chi connectivity index (χ0) is 26.2. The minimum absolute atomic E-state index is 0.250. The molecule has 0 aromatic heterocycles. The minimum atomic E-state index is -0.300. The number of carbonyl (C=O) groups excluding carboxylic acids is 1. The molecule has 0 N–H and O–H groups in total. The summed E-state index contributed by atoms with van der Waals surface area (Å²) in [5.74, 6) is -0.300. The van der Waals surface area contributed by atoms with E-state index < -0.39 is 0 Å². The van der Waals surface area contributed by atoms with E-state index in [2.05, 4.69) is 65.1 Å². The predicted molar refractivity (Wildman–Crippen MR) is 156 cm³/mol. The lowest BCUT2D eigenvalue weighted by Crippen LogP contribution is -2.10. The maximum absolute atomic E-state index is 10.8. The fourth-order valence-corrected chi connectivity index (χ4v) is 4.00. The molecule has 2 nitrogen and oxygen atoms in total. The summed E-state index contributed by atoms with van der Waals surface area (Å²) >= 11 is 0. The number of rotatable bonds is 19. The normalized spacial score (nSPS) is 10.9. The van der Waals surface area contributed by atoms with Crippen molar-refractivity contribution in [2.24, 2.45) is 0 Å². The molecule has 0 aliphatic carbocycles. The third-order valence-electron chi connectivity index (χ3n) is 6.42. The van der Waals surface area contributed by atoms with Crippen LogP contribution in [-0.4, -0.2) is 12.6 Å². The molecule has 1 rings (SSSR count). The molecule has 0 spiro atoms. The second-order valence-corrected chi connectivity index (χ2v) is 10.8. The van der Waals surface area contributed by atoms with Crippen molar-refractivity contribution in [1.29, 1.82) is 0 Å². The van der Waals surface area contributed by atoms with Crippen molar-refractivity contribution in [1.82, 2.24) is 0 Å². The molecule has 0 atom stereocenters. The van der Waals surface area contributed by atoms with Gasteiger partial charge in [0.2, 0.25) is 0 Å². The molecule has 2 heteroatoms. The topological polar surface area (TPSA) is 26.3 Å². The summed E-state index contributed by atoms with van der Waals surface area (Å²) in [5, 5.41) is 0. The maximum atomic E-state index is 10.8. The van der Waals surface area contributed by atoms with Gasteiger partial charge in [-0.15, -0.1) is 0 Å². The molecular weight excluding hydrogens is 428 g/mol. The zero-order valence-corrected chi connectivity index (χ0v) is 23.7. The van der Waals surface area contributed by atoms with E-state index in [1.54, 1.807) is 0 Å². The lowest BCUT2D eigenvalue weighted by molar-refractivity contribution is -0.137. The third-order valence-corrected chi connectivity index (χ3v) is 6.42. The lowest BCUT2D eigenvalue weighted by Gasteiger charge is -2.18. The molecule has 35 heavy (non-hydrogen) atoms. The average molecular weight is 485 g/mol. The van der Waals surface area contributed by atoms with Crippen LogP contribution in [0.3, 0.4) is 0 Å². The van der Waals surface area contributed by atoms with E-state index >= 15 is 0 Å². The number of unbranched alkanes of at least 4 members (excludes halogenated alkanes) is 15. The summed E-state index contributed by atoms with van der Waals surface area (Å²) in [4.78, 5) is 10.8. The molecule has 0 saturated carbocycles. The Labute approximate surface area is 218 Å². The van der Waals surface area contributed by atoms with Gasteiger partial charge in [0.05, 0.1) is 6.61 Å². The van der Waals surface area contributed by atoms with Crippen LogP contribution in [0.4, 0.5) is 0 Å². The Balaban J connectivity index is 0.000000801. The second-order valence-electron chi connectivity index (χ2n) is 10.8. The minimum Gasteiger partial charge on any atom is -0.463 e. The number of hydrogen-bond acceptors (Lipinski definition) is 2. The van der Waals surface area contributed by atoms with Crippen LogP contribution >= 0.6 is 0 Å². The molecule has 0 aliphatic rings. The van der Waals surface area contributed by atoms with Crippen LogP contribution in [0.25, 0.3) is 6.08 Å². The van der Waals surface area contributed by atoms with E-state index in [0.717, 1.165) is 6.42 Å². The Morgan fingerprint density at radius 2 is 1.11 bits per heavy atom. The molecule has 0 radical (unpaired) electrons. The van der Waals surface area contributed by atoms with Crippen molar-refractivity contribution in [3.05, 3.63) is 54.6 Å². The van der Waals surface area contributed by atoms with E-state index in [-0.39, 0.29) is 11.4 Å². The first-order chi connectivity index (χ1) is 16.8. The maximum Gasteiger partial charge on any atom is 0.330 e. The van der Waals surface area contributed by atoms with Crippen LogP contribution in [0.5, 0.6) is 0 Å². The van der Waals surface area contributed by atoms with Crippen molar-refractivity contribution in [2.45, 2.75) is 136 Å². The van der Waals surface area contributed by atoms with Crippen LogP contribution in [0.2, 0.25) is 0 Å². The van der Waals surface area contributed by atoms with Gasteiger partial charge in [0.15, 0.2) is 0 Å². The Kier molecular flexibility index (Phi) is 21.4. The van der Waals surface area contributed by atoms with E-state index in [1.165, 1.54) is 114 Å². The summed E-state index contributed by atoms with van der Waals surface area (Å²) in [6, 6.07) is 8.54. The predicted octanol–water partition coefficient (Wildman–Crippen LogP) is 10.6. The first-order valence-corrected chi connectivity index (χ1v) is 14.4. The highest BCUT2D eigenvalue weighted by Gasteiger charge is 2.12. The van der Waals surface area contributed by atoms with Gasteiger partial charge >= 0.3 is 5.97 Å². The summed E-state index contributed by atoms with van der Waals surface area (Å²) in [7, 11) is 0. The zero-order valence-electron chi connectivity index (χ0n) is 23.7. The fraction of sp³-hybridized carbons (Fsp3) is 0.667. The van der Waals surface area contributed by atoms with Crippen molar-refractivity contribution in [3.8, 4) is 0 Å². The molecule has 0 heterocycles. The van der Waals surface area contributed by atoms with Gasteiger partial charge in [0, 0.05) is 6.08 Å². The SMILES string of the molecule is C=CC(=O)OCCCCCCCCCCCCCCCCCC.C=Cc1ccc(C(C)(C)C)cc1. The van der Waals surface area contributed by atoms with Crippen LogP contribution in [0.15, 0.2) is 43.5 Å². The van der Waals surface area contributed by atoms with Gasteiger partial charge in [-0.1, -0.05) is 168 Å². The summed E-state index contributed by atoms with van der Waals surface area (Å²) in [6.45, 7) is 16.6. The van der Waals surface area contributed by atoms with Crippen LogP contribution in [0, 0.1) is 0 Å². The first-order valence-electron chi connectivity index (χ1n) is 14.4. The largest absolute Gasteiger partial charge is 0.463 e. The Bertz CT molecular complexity index is 636. The van der Waals surface area contributed by atoms with Crippen LogP contribution in [-0.2, 0) is 14.9 Å². The fourth-order valence-electron chi connectivity index (χ4n) is 4.00. The first kappa shape index (κ1) is 33.2. The Morgan fingerprint density at radius 1 is 0.714 bits per heavy atom. The van der Waals surface area contributed by atoms with E-state index in [0.29, 0.717) is 6.61 Å². The van der Waals surface area contributed by atoms with E-state index in [4.69, 9.17) is 4.74 Å². The summed E-state index contributed by atoms with van der Waals surface area (Å²) < 4.78 is 4.95. The summed E-state index contributed by atoms with van der Waals surface area (Å²) in [5.41, 5.74) is 2.80. The average Bonchev–Trinajstić information content (AvgIpc) is 2.85. The number of benzene rings is 1. The molecule has 0 unspecified atom stereocenters. The quantitative estimate of drug-likeness (QED) is 0.111. The van der Waals surface area contributed by atoms with E-state index in [9.17, 15) is 4.79 Å². The summed E-state index contributed by atoms with van der Waals surface area (Å²) in [6.07, 6.45) is 24.8. The van der Waals surface area contributed by atoms with Gasteiger partial charge in [-0.05, 0) is 23.0 Å². The lowest BCUT2D eigenvalue weighted by atomic mass is 9.87. The molecule has 0 aliphatic heterocycles. The highest BCUT2D eigenvalue weighted by atomic mass is 16.5. The van der Waals surface area contributed by atoms with Gasteiger partial charge in [-0.25, -0.2) is 4.79 Å². The molecule has 1 aromatic carbocycles. The number of hydrogen-bond donors (Lipinski definition) is 0. The number of carbonyl (C=O) groups is 1. The van der Waals surface area contributed by atoms with Gasteiger partial charge in [0.25, 0.3) is 0 Å². The van der Waals surface area contributed by atoms with Crippen molar-refractivity contribution in [2.75, 3.05) is 6.61 Å². The smallest absolute Gasteiger partial charge is 0.330 e. The van der Waals surface area contributed by atoms with Gasteiger partial charge in [-0.2, -0.15) is 0 Å². The van der Waals surface area contributed by atoms with Gasteiger partial charge < -0.3 is 4.74 Å². The highest BCUT2D eigenvalue weighted by molar-refractivity contribution is 5.81. The Morgan fingerprint density at radius 3 is 1.46 bits per heavy atom. The van der Waals surface area contributed by atoms with Crippen molar-refractivity contribution in [3.63, 3.8) is 0 Å². The number of ether oxygens (including phenoxy) is 1. The van der Waals surface area contributed by atoms with Gasteiger partial charge in [-0.3, -0.25) is 0 Å². The van der Waals surface area contributed by atoms with Crippen molar-refractivity contribution >= 4 is 12.0 Å². The molecule has 0 fully saturated rings.